The number of hydrazine groups is 1. The summed E-state index contributed by atoms with van der Waals surface area (Å²) in [4.78, 5) is 35.5. The number of anilines is 1. The van der Waals surface area contributed by atoms with E-state index in [1.54, 1.807) is 24.3 Å². The lowest BCUT2D eigenvalue weighted by molar-refractivity contribution is -0.384. The fraction of sp³-hybridized carbons (Fsp3) is 0.364. The first-order chi connectivity index (χ1) is 16.5. The Hall–Kier alpha value is -3.06. The second kappa shape index (κ2) is 11.1. The van der Waals surface area contributed by atoms with Gasteiger partial charge in [-0.25, -0.2) is 13.8 Å². The number of amides is 2. The van der Waals surface area contributed by atoms with Crippen LogP contribution in [0.3, 0.4) is 0 Å². The van der Waals surface area contributed by atoms with Gasteiger partial charge in [0.1, 0.15) is 6.04 Å². The third-order valence-electron chi connectivity index (χ3n) is 5.64. The number of rotatable bonds is 8. The predicted molar refractivity (Wildman–Crippen MR) is 130 cm³/mol. The highest BCUT2D eigenvalue weighted by molar-refractivity contribution is 7.89. The summed E-state index contributed by atoms with van der Waals surface area (Å²) in [6, 6.07) is 9.32. The third kappa shape index (κ3) is 6.54. The fourth-order valence-electron chi connectivity index (χ4n) is 3.54. The van der Waals surface area contributed by atoms with Crippen molar-refractivity contribution in [1.82, 2.24) is 15.2 Å². The number of nitrogens with zero attached hydrogens (tertiary/aromatic N) is 2. The number of carbonyl (C=O) groups is 2. The van der Waals surface area contributed by atoms with Crippen LogP contribution in [-0.2, 0) is 19.6 Å². The van der Waals surface area contributed by atoms with E-state index in [0.29, 0.717) is 19.4 Å². The zero-order valence-electron chi connectivity index (χ0n) is 19.2. The van der Waals surface area contributed by atoms with Gasteiger partial charge >= 0.3 is 0 Å². The second-order valence-corrected chi connectivity index (χ2v) is 10.6. The van der Waals surface area contributed by atoms with E-state index in [2.05, 4.69) is 16.2 Å². The molecular formula is C22H26ClN5O6S. The van der Waals surface area contributed by atoms with Crippen LogP contribution in [0.15, 0.2) is 47.4 Å². The Morgan fingerprint density at radius 3 is 2.51 bits per heavy atom. The van der Waals surface area contributed by atoms with Crippen molar-refractivity contribution in [1.29, 1.82) is 0 Å². The lowest BCUT2D eigenvalue weighted by Crippen LogP contribution is -2.52. The van der Waals surface area contributed by atoms with Gasteiger partial charge in [-0.2, -0.15) is 4.31 Å². The monoisotopic (exact) mass is 523 g/mol. The van der Waals surface area contributed by atoms with Gasteiger partial charge in [0.15, 0.2) is 0 Å². The molecule has 0 bridgehead atoms. The number of hydrogen-bond donors (Lipinski definition) is 3. The van der Waals surface area contributed by atoms with Gasteiger partial charge < -0.3 is 5.32 Å². The van der Waals surface area contributed by atoms with Crippen LogP contribution in [0.1, 0.15) is 25.3 Å². The summed E-state index contributed by atoms with van der Waals surface area (Å²) in [7, 11) is -3.72. The largest absolute Gasteiger partial charge is 0.323 e. The standard InChI is InChI=1S/C22H26ClN5O6S/c1-14-5-8-18(9-6-14)35(33,34)27-11-3-4-16(13-27)22(30)26-25-15(2)21(29)24-20-10-7-17(28(31)32)12-19(20)23/h5-10,12,15-16,25H,3-4,11,13H2,1-2H3,(H,24,29)(H,26,30)/t15-,16+/m1/s1. The minimum absolute atomic E-state index is 0.000804. The summed E-state index contributed by atoms with van der Waals surface area (Å²) in [6.45, 7) is 3.72. The quantitative estimate of drug-likeness (QED) is 0.355. The first-order valence-corrected chi connectivity index (χ1v) is 12.7. The molecule has 2 amide bonds. The highest BCUT2D eigenvalue weighted by Crippen LogP contribution is 2.27. The average Bonchev–Trinajstić information content (AvgIpc) is 2.83. The molecule has 35 heavy (non-hydrogen) atoms. The number of non-ortho nitro benzene ring substituents is 1. The second-order valence-electron chi connectivity index (χ2n) is 8.28. The molecule has 1 fully saturated rings. The normalized spacial score (nSPS) is 17.4. The van der Waals surface area contributed by atoms with E-state index in [-0.39, 0.29) is 27.8 Å². The summed E-state index contributed by atoms with van der Waals surface area (Å²) in [5.74, 6) is -1.55. The van der Waals surface area contributed by atoms with Crippen molar-refractivity contribution in [2.75, 3.05) is 18.4 Å². The molecule has 3 N–H and O–H groups in total. The molecule has 1 heterocycles. The maximum absolute atomic E-state index is 13.0. The number of piperidine rings is 1. The average molecular weight is 524 g/mol. The van der Waals surface area contributed by atoms with E-state index in [4.69, 9.17) is 11.6 Å². The van der Waals surface area contributed by atoms with Crippen LogP contribution in [-0.4, -0.2) is 48.6 Å². The van der Waals surface area contributed by atoms with Crippen molar-refractivity contribution in [3.8, 4) is 0 Å². The number of nitro groups is 1. The van der Waals surface area contributed by atoms with Gasteiger partial charge in [0.05, 0.1) is 26.4 Å². The Bertz CT molecular complexity index is 1220. The number of halogens is 1. The number of aryl methyl sites for hydroxylation is 1. The smallest absolute Gasteiger partial charge is 0.271 e. The van der Waals surface area contributed by atoms with Crippen LogP contribution < -0.4 is 16.2 Å². The molecule has 11 nitrogen and oxygen atoms in total. The van der Waals surface area contributed by atoms with Gasteiger partial charge in [-0.1, -0.05) is 29.3 Å². The zero-order chi connectivity index (χ0) is 25.8. The topological polar surface area (TPSA) is 151 Å². The van der Waals surface area contributed by atoms with Crippen LogP contribution in [0.2, 0.25) is 5.02 Å². The SMILES string of the molecule is Cc1ccc(S(=O)(=O)N2CCC[C@H](C(=O)NN[C@H](C)C(=O)Nc3ccc([N+](=O)[O-])cc3Cl)C2)cc1. The molecule has 1 aliphatic rings. The summed E-state index contributed by atoms with van der Waals surface area (Å²) in [6.07, 6.45) is 1.03. The first kappa shape index (κ1) is 26.5. The molecule has 0 saturated carbocycles. The first-order valence-electron chi connectivity index (χ1n) is 10.9. The number of hydrogen-bond acceptors (Lipinski definition) is 7. The highest BCUT2D eigenvalue weighted by Gasteiger charge is 2.33. The molecular weight excluding hydrogens is 498 g/mol. The van der Waals surface area contributed by atoms with Gasteiger partial charge in [0.25, 0.3) is 5.69 Å². The zero-order valence-corrected chi connectivity index (χ0v) is 20.7. The van der Waals surface area contributed by atoms with Crippen molar-refractivity contribution < 1.29 is 22.9 Å². The molecule has 2 aromatic carbocycles. The minimum Gasteiger partial charge on any atom is -0.323 e. The molecule has 0 unspecified atom stereocenters. The molecule has 3 rings (SSSR count). The van der Waals surface area contributed by atoms with Crippen molar-refractivity contribution in [2.24, 2.45) is 5.92 Å². The maximum Gasteiger partial charge on any atom is 0.271 e. The molecule has 13 heteroatoms. The molecule has 0 spiro atoms. The Morgan fingerprint density at radius 2 is 1.89 bits per heavy atom. The molecule has 2 atom stereocenters. The predicted octanol–water partition coefficient (Wildman–Crippen LogP) is 2.61. The highest BCUT2D eigenvalue weighted by atomic mass is 35.5. The van der Waals surface area contributed by atoms with Crippen LogP contribution >= 0.6 is 11.6 Å². The van der Waals surface area contributed by atoms with Gasteiger partial charge in [0.2, 0.25) is 21.8 Å². The molecule has 1 saturated heterocycles. The van der Waals surface area contributed by atoms with E-state index in [1.807, 2.05) is 6.92 Å². The number of sulfonamides is 1. The van der Waals surface area contributed by atoms with Gasteiger partial charge in [-0.3, -0.25) is 25.1 Å². The molecule has 0 aliphatic carbocycles. The van der Waals surface area contributed by atoms with E-state index >= 15 is 0 Å². The van der Waals surface area contributed by atoms with Crippen molar-refractivity contribution in [3.05, 3.63) is 63.2 Å². The van der Waals surface area contributed by atoms with Crippen LogP contribution in [0.5, 0.6) is 0 Å². The summed E-state index contributed by atoms with van der Waals surface area (Å²) < 4.78 is 27.2. The van der Waals surface area contributed by atoms with Gasteiger partial charge in [-0.05, 0) is 44.9 Å². The summed E-state index contributed by atoms with van der Waals surface area (Å²) in [5, 5.41) is 13.3. The van der Waals surface area contributed by atoms with Crippen LogP contribution in [0, 0.1) is 23.0 Å². The lowest BCUT2D eigenvalue weighted by Gasteiger charge is -2.31. The van der Waals surface area contributed by atoms with Crippen LogP contribution in [0.25, 0.3) is 0 Å². The van der Waals surface area contributed by atoms with Crippen molar-refractivity contribution >= 4 is 44.8 Å². The van der Waals surface area contributed by atoms with E-state index in [9.17, 15) is 28.1 Å². The third-order valence-corrected chi connectivity index (χ3v) is 7.83. The van der Waals surface area contributed by atoms with E-state index < -0.39 is 38.7 Å². The fourth-order valence-corrected chi connectivity index (χ4v) is 5.29. The van der Waals surface area contributed by atoms with Crippen molar-refractivity contribution in [2.45, 2.75) is 37.6 Å². The summed E-state index contributed by atoms with van der Waals surface area (Å²) in [5.41, 5.74) is 6.01. The molecule has 2 aromatic rings. The summed E-state index contributed by atoms with van der Waals surface area (Å²) >= 11 is 5.99. The Labute approximate surface area is 208 Å². The Kier molecular flexibility index (Phi) is 8.43. The molecule has 188 valence electrons. The number of nitrogens with one attached hydrogen (secondary N) is 3. The number of benzene rings is 2. The van der Waals surface area contributed by atoms with E-state index in [0.717, 1.165) is 11.6 Å². The minimum atomic E-state index is -3.72. The molecule has 0 radical (unpaired) electrons. The van der Waals surface area contributed by atoms with Gasteiger partial charge in [-0.15, -0.1) is 0 Å². The number of nitro benzene ring substituents is 1. The van der Waals surface area contributed by atoms with E-state index in [1.165, 1.54) is 23.4 Å². The lowest BCUT2D eigenvalue weighted by atomic mass is 9.99. The molecule has 1 aliphatic heterocycles. The van der Waals surface area contributed by atoms with Crippen molar-refractivity contribution in [3.63, 3.8) is 0 Å². The Morgan fingerprint density at radius 1 is 1.20 bits per heavy atom. The number of carbonyl (C=O) groups excluding carboxylic acids is 2. The van der Waals surface area contributed by atoms with Crippen LogP contribution in [0.4, 0.5) is 11.4 Å². The maximum atomic E-state index is 13.0. The van der Waals surface area contributed by atoms with Gasteiger partial charge in [0, 0.05) is 25.2 Å². The Balaban J connectivity index is 1.55. The molecule has 0 aromatic heterocycles.